The summed E-state index contributed by atoms with van der Waals surface area (Å²) in [6, 6.07) is 10.2. The topological polar surface area (TPSA) is 75.4 Å². The first-order valence-corrected chi connectivity index (χ1v) is 8.52. The van der Waals surface area contributed by atoms with Crippen LogP contribution in [0.25, 0.3) is 5.65 Å². The van der Waals surface area contributed by atoms with Gasteiger partial charge in [-0.05, 0) is 18.4 Å². The summed E-state index contributed by atoms with van der Waals surface area (Å²) in [5, 5.41) is 11.2. The van der Waals surface area contributed by atoms with Crippen molar-refractivity contribution in [3.8, 4) is 0 Å². The highest BCUT2D eigenvalue weighted by Gasteiger charge is 2.26. The number of hydrogen-bond donors (Lipinski definition) is 1. The fourth-order valence-electron chi connectivity index (χ4n) is 3.24. The molecule has 0 bridgehead atoms. The van der Waals surface area contributed by atoms with Gasteiger partial charge in [0.25, 0.3) is 0 Å². The van der Waals surface area contributed by atoms with E-state index < -0.39 is 0 Å². The van der Waals surface area contributed by atoms with Gasteiger partial charge in [-0.1, -0.05) is 30.3 Å². The average molecular weight is 336 g/mol. The molecule has 1 aliphatic rings. The van der Waals surface area contributed by atoms with Gasteiger partial charge in [-0.25, -0.2) is 4.98 Å². The molecular weight excluding hydrogens is 316 g/mol. The largest absolute Gasteiger partial charge is 0.352 e. The third kappa shape index (κ3) is 3.45. The summed E-state index contributed by atoms with van der Waals surface area (Å²) >= 11 is 0. The van der Waals surface area contributed by atoms with E-state index in [9.17, 15) is 4.79 Å². The number of aromatic nitrogens is 4. The van der Waals surface area contributed by atoms with Crippen molar-refractivity contribution < 1.29 is 4.79 Å². The standard InChI is InChI=1S/C18H20N6O/c25-16(7-6-14-4-2-1-3-5-14)21-15-8-10-23(12-15)17-18-22-20-13-24(18)11-9-19-17/h1-5,9,11,13,15H,6-8,10,12H2,(H,21,25). The molecule has 4 rings (SSSR count). The van der Waals surface area contributed by atoms with Crippen LogP contribution in [-0.2, 0) is 11.2 Å². The summed E-state index contributed by atoms with van der Waals surface area (Å²) in [5.41, 5.74) is 1.94. The molecule has 1 fully saturated rings. The molecule has 128 valence electrons. The minimum absolute atomic E-state index is 0.101. The number of carbonyl (C=O) groups excluding carboxylic acids is 1. The third-order valence-corrected chi connectivity index (χ3v) is 4.53. The molecule has 7 heteroatoms. The van der Waals surface area contributed by atoms with Crippen molar-refractivity contribution in [3.05, 3.63) is 54.6 Å². The van der Waals surface area contributed by atoms with Gasteiger partial charge in [0.1, 0.15) is 6.33 Å². The summed E-state index contributed by atoms with van der Waals surface area (Å²) in [5.74, 6) is 0.922. The van der Waals surface area contributed by atoms with E-state index >= 15 is 0 Å². The number of hydrogen-bond acceptors (Lipinski definition) is 5. The van der Waals surface area contributed by atoms with Gasteiger partial charge >= 0.3 is 0 Å². The SMILES string of the molecule is O=C(CCc1ccccc1)NC1CCN(c2nccn3cnnc23)C1. The van der Waals surface area contributed by atoms with E-state index in [0.717, 1.165) is 37.4 Å². The first kappa shape index (κ1) is 15.6. The minimum Gasteiger partial charge on any atom is -0.352 e. The van der Waals surface area contributed by atoms with Crippen LogP contribution in [0.5, 0.6) is 0 Å². The predicted octanol–water partition coefficient (Wildman–Crippen LogP) is 1.45. The lowest BCUT2D eigenvalue weighted by molar-refractivity contribution is -0.121. The van der Waals surface area contributed by atoms with Crippen LogP contribution in [0.15, 0.2) is 49.1 Å². The molecule has 1 saturated heterocycles. The maximum absolute atomic E-state index is 12.2. The van der Waals surface area contributed by atoms with Crippen molar-refractivity contribution in [1.29, 1.82) is 0 Å². The Hall–Kier alpha value is -2.96. The molecule has 2 aromatic heterocycles. The van der Waals surface area contributed by atoms with Crippen LogP contribution < -0.4 is 10.2 Å². The number of nitrogens with one attached hydrogen (secondary N) is 1. The lowest BCUT2D eigenvalue weighted by Gasteiger charge is -2.18. The van der Waals surface area contributed by atoms with E-state index in [1.54, 1.807) is 12.5 Å². The Morgan fingerprint density at radius 2 is 2.16 bits per heavy atom. The molecule has 1 N–H and O–H groups in total. The second-order valence-corrected chi connectivity index (χ2v) is 6.30. The zero-order valence-electron chi connectivity index (χ0n) is 13.9. The summed E-state index contributed by atoms with van der Waals surface area (Å²) < 4.78 is 1.86. The lowest BCUT2D eigenvalue weighted by atomic mass is 10.1. The highest BCUT2D eigenvalue weighted by molar-refractivity contribution is 5.76. The van der Waals surface area contributed by atoms with Gasteiger partial charge in [0.05, 0.1) is 0 Å². The second kappa shape index (κ2) is 6.88. The fraction of sp³-hybridized carbons (Fsp3) is 0.333. The van der Waals surface area contributed by atoms with Crippen LogP contribution in [-0.4, -0.2) is 44.6 Å². The Morgan fingerprint density at radius 3 is 3.04 bits per heavy atom. The van der Waals surface area contributed by atoms with Crippen LogP contribution in [0.1, 0.15) is 18.4 Å². The van der Waals surface area contributed by atoms with Gasteiger partial charge < -0.3 is 10.2 Å². The highest BCUT2D eigenvalue weighted by atomic mass is 16.1. The number of aryl methyl sites for hydroxylation is 1. The number of rotatable bonds is 5. The van der Waals surface area contributed by atoms with Gasteiger partial charge in [-0.15, -0.1) is 10.2 Å². The zero-order chi connectivity index (χ0) is 17.1. The van der Waals surface area contributed by atoms with E-state index in [4.69, 9.17) is 0 Å². The Balaban J connectivity index is 1.33. The van der Waals surface area contributed by atoms with Crippen LogP contribution >= 0.6 is 0 Å². The Labute approximate surface area is 145 Å². The quantitative estimate of drug-likeness (QED) is 0.763. The van der Waals surface area contributed by atoms with Gasteiger partial charge in [0.2, 0.25) is 11.6 Å². The highest BCUT2D eigenvalue weighted by Crippen LogP contribution is 2.21. The molecule has 3 heterocycles. The number of carbonyl (C=O) groups is 1. The maximum Gasteiger partial charge on any atom is 0.220 e. The maximum atomic E-state index is 12.2. The Kier molecular flexibility index (Phi) is 4.28. The van der Waals surface area contributed by atoms with Crippen molar-refractivity contribution in [2.75, 3.05) is 18.0 Å². The molecule has 1 amide bonds. The zero-order valence-corrected chi connectivity index (χ0v) is 13.9. The van der Waals surface area contributed by atoms with Crippen LogP contribution in [0.4, 0.5) is 5.82 Å². The molecular formula is C18H20N6O. The molecule has 0 spiro atoms. The molecule has 7 nitrogen and oxygen atoms in total. The summed E-state index contributed by atoms with van der Waals surface area (Å²) in [7, 11) is 0. The van der Waals surface area contributed by atoms with Crippen molar-refractivity contribution in [1.82, 2.24) is 24.9 Å². The molecule has 0 aliphatic carbocycles. The lowest BCUT2D eigenvalue weighted by Crippen LogP contribution is -2.37. The van der Waals surface area contributed by atoms with Gasteiger partial charge in [0, 0.05) is 37.9 Å². The Morgan fingerprint density at radius 1 is 1.28 bits per heavy atom. The molecule has 0 saturated carbocycles. The summed E-state index contributed by atoms with van der Waals surface area (Å²) in [6.45, 7) is 1.60. The predicted molar refractivity (Wildman–Crippen MR) is 94.3 cm³/mol. The number of anilines is 1. The van der Waals surface area contributed by atoms with Crippen LogP contribution in [0, 0.1) is 0 Å². The van der Waals surface area contributed by atoms with E-state index in [2.05, 4.69) is 37.5 Å². The normalized spacial score (nSPS) is 17.1. The van der Waals surface area contributed by atoms with Crippen molar-refractivity contribution >= 4 is 17.4 Å². The van der Waals surface area contributed by atoms with Gasteiger partial charge in [-0.2, -0.15) is 0 Å². The number of nitrogens with zero attached hydrogens (tertiary/aromatic N) is 5. The van der Waals surface area contributed by atoms with Crippen molar-refractivity contribution in [2.45, 2.75) is 25.3 Å². The molecule has 3 aromatic rings. The fourth-order valence-corrected chi connectivity index (χ4v) is 3.24. The van der Waals surface area contributed by atoms with E-state index in [-0.39, 0.29) is 11.9 Å². The monoisotopic (exact) mass is 336 g/mol. The smallest absolute Gasteiger partial charge is 0.220 e. The first-order chi connectivity index (χ1) is 12.3. The third-order valence-electron chi connectivity index (χ3n) is 4.53. The summed E-state index contributed by atoms with van der Waals surface area (Å²) in [4.78, 5) is 18.8. The van der Waals surface area contributed by atoms with Crippen LogP contribution in [0.2, 0.25) is 0 Å². The molecule has 1 unspecified atom stereocenters. The van der Waals surface area contributed by atoms with Crippen LogP contribution in [0.3, 0.4) is 0 Å². The van der Waals surface area contributed by atoms with E-state index in [0.29, 0.717) is 6.42 Å². The Bertz CT molecular complexity index is 862. The van der Waals surface area contributed by atoms with Gasteiger partial charge in [-0.3, -0.25) is 9.20 Å². The number of amides is 1. The van der Waals surface area contributed by atoms with E-state index in [1.807, 2.05) is 28.8 Å². The average Bonchev–Trinajstić information content (AvgIpc) is 3.30. The molecule has 1 aromatic carbocycles. The number of fused-ring (bicyclic) bond motifs is 1. The summed E-state index contributed by atoms with van der Waals surface area (Å²) in [6.07, 6.45) is 7.44. The minimum atomic E-state index is 0.101. The van der Waals surface area contributed by atoms with E-state index in [1.165, 1.54) is 5.56 Å². The second-order valence-electron chi connectivity index (χ2n) is 6.30. The molecule has 1 atom stereocenters. The molecule has 0 radical (unpaired) electrons. The number of benzene rings is 1. The molecule has 25 heavy (non-hydrogen) atoms. The van der Waals surface area contributed by atoms with Crippen molar-refractivity contribution in [2.24, 2.45) is 0 Å². The molecule has 1 aliphatic heterocycles. The van der Waals surface area contributed by atoms with Crippen molar-refractivity contribution in [3.63, 3.8) is 0 Å². The first-order valence-electron chi connectivity index (χ1n) is 8.52. The van der Waals surface area contributed by atoms with Gasteiger partial charge in [0.15, 0.2) is 5.82 Å².